The summed E-state index contributed by atoms with van der Waals surface area (Å²) in [6.45, 7) is 9.84. The molecule has 4 heteroatoms. The Morgan fingerprint density at radius 1 is 0.909 bits per heavy atom. The topological polar surface area (TPSA) is 43.1 Å². The number of aryl methyl sites for hydroxylation is 2. The molecule has 0 radical (unpaired) electrons. The molecule has 0 atom stereocenters. The number of carbonyl (C=O) groups excluding carboxylic acids is 1. The highest BCUT2D eigenvalue weighted by Gasteiger charge is 2.22. The number of hydrogen-bond donors (Lipinski definition) is 0. The van der Waals surface area contributed by atoms with Crippen molar-refractivity contribution in [1.82, 2.24) is 5.16 Å². The van der Waals surface area contributed by atoms with E-state index in [4.69, 9.17) is 4.52 Å². The molecule has 0 unspecified atom stereocenters. The van der Waals surface area contributed by atoms with Gasteiger partial charge in [-0.1, -0.05) is 68.4 Å². The van der Waals surface area contributed by atoms with Crippen LogP contribution in [0.5, 0.6) is 0 Å². The molecular formula is C29H28FNO2. The van der Waals surface area contributed by atoms with E-state index in [2.05, 4.69) is 5.16 Å². The molecule has 0 saturated carbocycles. The molecule has 4 rings (SSSR count). The Kier molecular flexibility index (Phi) is 6.03. The van der Waals surface area contributed by atoms with Gasteiger partial charge in [0.1, 0.15) is 5.82 Å². The summed E-state index contributed by atoms with van der Waals surface area (Å²) in [4.78, 5) is 13.2. The quantitative estimate of drug-likeness (QED) is 0.294. The van der Waals surface area contributed by atoms with Gasteiger partial charge in [-0.05, 0) is 60.2 Å². The van der Waals surface area contributed by atoms with E-state index >= 15 is 0 Å². The molecule has 0 aliphatic heterocycles. The molecule has 0 spiro atoms. The van der Waals surface area contributed by atoms with Gasteiger partial charge in [-0.2, -0.15) is 0 Å². The van der Waals surface area contributed by atoms with Crippen molar-refractivity contribution in [3.8, 4) is 33.6 Å². The fourth-order valence-corrected chi connectivity index (χ4v) is 4.02. The monoisotopic (exact) mass is 441 g/mol. The third-order valence-corrected chi connectivity index (χ3v) is 5.57. The summed E-state index contributed by atoms with van der Waals surface area (Å²) < 4.78 is 20.6. The van der Waals surface area contributed by atoms with Gasteiger partial charge >= 0.3 is 0 Å². The fraction of sp³-hybridized carbons (Fsp3) is 0.241. The van der Waals surface area contributed by atoms with E-state index < -0.39 is 0 Å². The molecule has 0 aliphatic carbocycles. The van der Waals surface area contributed by atoms with Crippen LogP contribution in [0.15, 0.2) is 71.3 Å². The molecule has 3 aromatic carbocycles. The molecule has 1 heterocycles. The molecule has 0 saturated heterocycles. The normalized spacial score (nSPS) is 11.6. The summed E-state index contributed by atoms with van der Waals surface area (Å²) in [6, 6.07) is 20.5. The molecule has 33 heavy (non-hydrogen) atoms. The number of Topliss-reactive ketones (excluding diaryl/α,β-unsaturated/α-hetero) is 1. The first-order chi connectivity index (χ1) is 15.6. The fourth-order valence-electron chi connectivity index (χ4n) is 4.02. The first-order valence-electron chi connectivity index (χ1n) is 11.1. The lowest BCUT2D eigenvalue weighted by Crippen LogP contribution is -2.13. The summed E-state index contributed by atoms with van der Waals surface area (Å²) in [5.41, 5.74) is 5.54. The summed E-state index contributed by atoms with van der Waals surface area (Å²) in [7, 11) is 0. The number of ketones is 1. The van der Waals surface area contributed by atoms with Gasteiger partial charge in [0, 0.05) is 23.1 Å². The average Bonchev–Trinajstić information content (AvgIpc) is 3.14. The first-order valence-corrected chi connectivity index (χ1v) is 11.1. The smallest absolute Gasteiger partial charge is 0.174 e. The Hall–Kier alpha value is -3.53. The average molecular weight is 442 g/mol. The van der Waals surface area contributed by atoms with E-state index in [1.165, 1.54) is 6.07 Å². The van der Waals surface area contributed by atoms with Gasteiger partial charge in [0.05, 0.1) is 11.3 Å². The first kappa shape index (κ1) is 22.7. The maximum atomic E-state index is 14.9. The summed E-state index contributed by atoms with van der Waals surface area (Å²) in [6.07, 6.45) is 0.389. The Labute approximate surface area is 194 Å². The van der Waals surface area contributed by atoms with Gasteiger partial charge < -0.3 is 4.52 Å². The van der Waals surface area contributed by atoms with Crippen LogP contribution in [-0.4, -0.2) is 10.9 Å². The van der Waals surface area contributed by atoms with Crippen molar-refractivity contribution < 1.29 is 13.7 Å². The van der Waals surface area contributed by atoms with Crippen molar-refractivity contribution in [2.75, 3.05) is 0 Å². The SMILES string of the molecule is Cc1ccc(-c2cc(C(=O)CC(C)(C)C)cc(-c3c(C)noc3-c3ccccc3)c2)c(F)c1. The second-order valence-electron chi connectivity index (χ2n) is 9.78. The van der Waals surface area contributed by atoms with Crippen molar-refractivity contribution in [3.63, 3.8) is 0 Å². The number of aromatic nitrogens is 1. The van der Waals surface area contributed by atoms with Crippen LogP contribution >= 0.6 is 0 Å². The minimum atomic E-state index is -0.313. The Morgan fingerprint density at radius 3 is 2.27 bits per heavy atom. The van der Waals surface area contributed by atoms with Crippen molar-refractivity contribution in [3.05, 3.63) is 89.4 Å². The molecule has 3 nitrogen and oxygen atoms in total. The van der Waals surface area contributed by atoms with E-state index in [9.17, 15) is 9.18 Å². The Morgan fingerprint density at radius 2 is 1.61 bits per heavy atom. The van der Waals surface area contributed by atoms with Crippen LogP contribution in [-0.2, 0) is 0 Å². The summed E-state index contributed by atoms with van der Waals surface area (Å²) >= 11 is 0. The van der Waals surface area contributed by atoms with Crippen molar-refractivity contribution in [2.24, 2.45) is 5.41 Å². The molecule has 168 valence electrons. The maximum Gasteiger partial charge on any atom is 0.174 e. The third-order valence-electron chi connectivity index (χ3n) is 5.57. The minimum absolute atomic E-state index is 0.0217. The standard InChI is InChI=1S/C29H28FNO2/c1-18-11-12-24(25(30)13-18)21-14-22(26(32)17-29(3,4)5)16-23(15-21)27-19(2)31-33-28(27)20-9-7-6-8-10-20/h6-16H,17H2,1-5H3. The van der Waals surface area contributed by atoms with E-state index in [1.807, 2.05) is 83.1 Å². The lowest BCUT2D eigenvalue weighted by atomic mass is 9.86. The van der Waals surface area contributed by atoms with Crippen LogP contribution in [0.2, 0.25) is 0 Å². The van der Waals surface area contributed by atoms with Crippen LogP contribution in [0.4, 0.5) is 4.39 Å². The molecule has 1 aromatic heterocycles. The van der Waals surface area contributed by atoms with Gasteiger partial charge in [0.2, 0.25) is 0 Å². The van der Waals surface area contributed by atoms with Crippen molar-refractivity contribution >= 4 is 5.78 Å². The van der Waals surface area contributed by atoms with Gasteiger partial charge in [0.15, 0.2) is 11.5 Å². The van der Waals surface area contributed by atoms with Crippen LogP contribution in [0.25, 0.3) is 33.6 Å². The zero-order chi connectivity index (χ0) is 23.8. The van der Waals surface area contributed by atoms with E-state index in [0.717, 1.165) is 22.3 Å². The van der Waals surface area contributed by atoms with Crippen LogP contribution in [0.3, 0.4) is 0 Å². The molecule has 4 aromatic rings. The third kappa shape index (κ3) is 4.95. The molecule has 0 N–H and O–H groups in total. The summed E-state index contributed by atoms with van der Waals surface area (Å²) in [5, 5.41) is 4.20. The highest BCUT2D eigenvalue weighted by molar-refractivity contribution is 6.00. The van der Waals surface area contributed by atoms with Gasteiger partial charge in [-0.15, -0.1) is 0 Å². The van der Waals surface area contributed by atoms with E-state index in [1.54, 1.807) is 12.1 Å². The molecule has 0 fully saturated rings. The zero-order valence-corrected chi connectivity index (χ0v) is 19.7. The Bertz CT molecular complexity index is 1310. The number of carbonyl (C=O) groups is 1. The number of nitrogens with zero attached hydrogens (tertiary/aromatic N) is 1. The predicted molar refractivity (Wildman–Crippen MR) is 131 cm³/mol. The van der Waals surface area contributed by atoms with E-state index in [-0.39, 0.29) is 17.0 Å². The van der Waals surface area contributed by atoms with Gasteiger partial charge in [-0.3, -0.25) is 4.79 Å². The minimum Gasteiger partial charge on any atom is -0.355 e. The van der Waals surface area contributed by atoms with Gasteiger partial charge in [0.25, 0.3) is 0 Å². The molecule has 0 amide bonds. The number of hydrogen-bond acceptors (Lipinski definition) is 3. The highest BCUT2D eigenvalue weighted by Crippen LogP contribution is 2.38. The zero-order valence-electron chi connectivity index (χ0n) is 19.7. The number of benzene rings is 3. The predicted octanol–water partition coefficient (Wildman–Crippen LogP) is 8.05. The summed E-state index contributed by atoms with van der Waals surface area (Å²) in [5.74, 6) is 0.337. The number of rotatable bonds is 5. The second kappa shape index (κ2) is 8.78. The van der Waals surface area contributed by atoms with Crippen LogP contribution < -0.4 is 0 Å². The second-order valence-corrected chi connectivity index (χ2v) is 9.78. The molecular weight excluding hydrogens is 413 g/mol. The number of halogens is 1. The largest absolute Gasteiger partial charge is 0.355 e. The Balaban J connectivity index is 1.93. The van der Waals surface area contributed by atoms with Crippen LogP contribution in [0.1, 0.15) is 48.8 Å². The maximum absolute atomic E-state index is 14.9. The van der Waals surface area contributed by atoms with Gasteiger partial charge in [-0.25, -0.2) is 4.39 Å². The lowest BCUT2D eigenvalue weighted by molar-refractivity contribution is 0.0940. The van der Waals surface area contributed by atoms with E-state index in [0.29, 0.717) is 34.6 Å². The van der Waals surface area contributed by atoms with Crippen LogP contribution in [0, 0.1) is 25.1 Å². The highest BCUT2D eigenvalue weighted by atomic mass is 19.1. The lowest BCUT2D eigenvalue weighted by Gasteiger charge is -2.18. The molecule has 0 aliphatic rings. The van der Waals surface area contributed by atoms with Crippen molar-refractivity contribution in [2.45, 2.75) is 41.0 Å². The molecule has 0 bridgehead atoms. The van der Waals surface area contributed by atoms with Crippen molar-refractivity contribution in [1.29, 1.82) is 0 Å².